The molecule has 0 spiro atoms. The minimum atomic E-state index is 0.678. The molecule has 1 aromatic heterocycles. The molecule has 0 amide bonds. The van der Waals surface area contributed by atoms with E-state index in [0.717, 1.165) is 28.9 Å². The van der Waals surface area contributed by atoms with Gasteiger partial charge < -0.3 is 9.72 Å². The van der Waals surface area contributed by atoms with Crippen LogP contribution in [-0.4, -0.2) is 16.7 Å². The summed E-state index contributed by atoms with van der Waals surface area (Å²) in [7, 11) is 1.67. The van der Waals surface area contributed by atoms with E-state index < -0.39 is 0 Å². The van der Waals surface area contributed by atoms with Gasteiger partial charge in [-0.15, -0.1) is 0 Å². The Labute approximate surface area is 122 Å². The third-order valence-electron chi connectivity index (χ3n) is 3.48. The Bertz CT molecular complexity index is 817. The molecule has 0 aliphatic heterocycles. The first kappa shape index (κ1) is 12.9. The molecule has 0 unspecified atom stereocenters. The van der Waals surface area contributed by atoms with Gasteiger partial charge in [-0.3, -0.25) is 4.57 Å². The zero-order valence-corrected chi connectivity index (χ0v) is 12.3. The van der Waals surface area contributed by atoms with Crippen molar-refractivity contribution in [3.05, 3.63) is 52.8 Å². The molecule has 3 nitrogen and oxygen atoms in total. The summed E-state index contributed by atoms with van der Waals surface area (Å²) in [6.07, 6.45) is 1.01. The summed E-state index contributed by atoms with van der Waals surface area (Å²) in [6.45, 7) is 2.15. The topological polar surface area (TPSA) is 29.9 Å². The second kappa shape index (κ2) is 5.13. The zero-order valence-electron chi connectivity index (χ0n) is 11.5. The average molecular weight is 284 g/mol. The molecule has 102 valence electrons. The van der Waals surface area contributed by atoms with Crippen molar-refractivity contribution in [1.82, 2.24) is 9.55 Å². The monoisotopic (exact) mass is 284 g/mol. The van der Waals surface area contributed by atoms with E-state index in [-0.39, 0.29) is 0 Å². The van der Waals surface area contributed by atoms with E-state index in [1.807, 2.05) is 22.8 Å². The number of aryl methyl sites for hydroxylation is 1. The molecule has 0 radical (unpaired) electrons. The van der Waals surface area contributed by atoms with E-state index in [9.17, 15) is 0 Å². The molecule has 2 aromatic carbocycles. The Morgan fingerprint density at radius 3 is 2.75 bits per heavy atom. The van der Waals surface area contributed by atoms with Crippen LogP contribution < -0.4 is 4.74 Å². The molecule has 0 atom stereocenters. The number of fused-ring (bicyclic) bond motifs is 1. The summed E-state index contributed by atoms with van der Waals surface area (Å²) in [6, 6.07) is 14.4. The second-order valence-electron chi connectivity index (χ2n) is 4.64. The maximum Gasteiger partial charge on any atom is 0.182 e. The number of aromatic amines is 1. The molecule has 0 aliphatic carbocycles. The van der Waals surface area contributed by atoms with Gasteiger partial charge >= 0.3 is 0 Å². The lowest BCUT2D eigenvalue weighted by Crippen LogP contribution is -1.95. The molecule has 20 heavy (non-hydrogen) atoms. The molecule has 3 aromatic rings. The van der Waals surface area contributed by atoms with Crippen molar-refractivity contribution in [3.8, 4) is 11.4 Å². The summed E-state index contributed by atoms with van der Waals surface area (Å²) in [5, 5.41) is 0. The van der Waals surface area contributed by atoms with E-state index in [4.69, 9.17) is 17.0 Å². The van der Waals surface area contributed by atoms with Gasteiger partial charge in [0.2, 0.25) is 0 Å². The van der Waals surface area contributed by atoms with E-state index in [0.29, 0.717) is 4.77 Å². The van der Waals surface area contributed by atoms with Crippen LogP contribution >= 0.6 is 12.2 Å². The van der Waals surface area contributed by atoms with Crippen molar-refractivity contribution in [2.24, 2.45) is 0 Å². The average Bonchev–Trinajstić information content (AvgIpc) is 2.83. The summed E-state index contributed by atoms with van der Waals surface area (Å²) >= 11 is 5.47. The van der Waals surface area contributed by atoms with Crippen LogP contribution in [0.25, 0.3) is 16.7 Å². The van der Waals surface area contributed by atoms with Crippen LogP contribution in [0.1, 0.15) is 12.5 Å². The van der Waals surface area contributed by atoms with Gasteiger partial charge in [-0.2, -0.15) is 0 Å². The van der Waals surface area contributed by atoms with Gasteiger partial charge in [0, 0.05) is 5.69 Å². The first-order valence-corrected chi connectivity index (χ1v) is 7.02. The molecule has 0 saturated heterocycles. The van der Waals surface area contributed by atoms with Gasteiger partial charge in [-0.05, 0) is 48.5 Å². The number of rotatable bonds is 3. The molecule has 0 bridgehead atoms. The van der Waals surface area contributed by atoms with Crippen molar-refractivity contribution in [2.75, 3.05) is 7.11 Å². The summed E-state index contributed by atoms with van der Waals surface area (Å²) < 4.78 is 8.11. The Kier molecular flexibility index (Phi) is 3.32. The van der Waals surface area contributed by atoms with Gasteiger partial charge in [0.1, 0.15) is 11.3 Å². The molecule has 4 heteroatoms. The van der Waals surface area contributed by atoms with Crippen molar-refractivity contribution >= 4 is 23.3 Å². The lowest BCUT2D eigenvalue weighted by atomic mass is 10.1. The Hall–Kier alpha value is -2.07. The van der Waals surface area contributed by atoms with Crippen molar-refractivity contribution in [2.45, 2.75) is 13.3 Å². The molecule has 3 rings (SSSR count). The van der Waals surface area contributed by atoms with Crippen molar-refractivity contribution in [1.29, 1.82) is 0 Å². The fourth-order valence-electron chi connectivity index (χ4n) is 2.45. The number of ether oxygens (including phenoxy) is 1. The highest BCUT2D eigenvalue weighted by Gasteiger charge is 2.10. The third-order valence-corrected chi connectivity index (χ3v) is 3.76. The van der Waals surface area contributed by atoms with E-state index >= 15 is 0 Å². The number of hydrogen-bond acceptors (Lipinski definition) is 2. The van der Waals surface area contributed by atoms with Gasteiger partial charge in [0.15, 0.2) is 4.77 Å². The standard InChI is InChI=1S/C16H16N2OS/c1-3-11-6-4-7-12(10-11)18-13-8-5-9-14(19-2)15(13)17-16(18)20/h4-10H,3H2,1-2H3,(H,17,20). The number of nitrogens with one attached hydrogen (secondary N) is 1. The maximum atomic E-state index is 5.47. The molecule has 0 saturated carbocycles. The largest absolute Gasteiger partial charge is 0.494 e. The van der Waals surface area contributed by atoms with Crippen LogP contribution in [0.5, 0.6) is 5.75 Å². The predicted octanol–water partition coefficient (Wildman–Crippen LogP) is 4.26. The highest BCUT2D eigenvalue weighted by Crippen LogP contribution is 2.27. The lowest BCUT2D eigenvalue weighted by molar-refractivity contribution is 0.419. The molecule has 1 heterocycles. The number of nitrogens with zero attached hydrogens (tertiary/aromatic N) is 1. The SMILES string of the molecule is CCc1cccc(-n2c(=S)[nH]c3c(OC)cccc32)c1. The Balaban J connectivity index is 2.31. The number of methoxy groups -OCH3 is 1. The first-order valence-electron chi connectivity index (χ1n) is 6.61. The normalized spacial score (nSPS) is 10.9. The zero-order chi connectivity index (χ0) is 14.1. The second-order valence-corrected chi connectivity index (χ2v) is 5.03. The van der Waals surface area contributed by atoms with Crippen LogP contribution in [0, 0.1) is 4.77 Å². The number of imidazole rings is 1. The fourth-order valence-corrected chi connectivity index (χ4v) is 2.75. The number of para-hydroxylation sites is 1. The van der Waals surface area contributed by atoms with Gasteiger partial charge in [-0.25, -0.2) is 0 Å². The number of aromatic nitrogens is 2. The minimum Gasteiger partial charge on any atom is -0.494 e. The fraction of sp³-hybridized carbons (Fsp3) is 0.188. The summed E-state index contributed by atoms with van der Waals surface area (Å²) in [4.78, 5) is 3.24. The number of H-pyrrole nitrogens is 1. The highest BCUT2D eigenvalue weighted by molar-refractivity contribution is 7.71. The molecular weight excluding hydrogens is 268 g/mol. The van der Waals surface area contributed by atoms with Crippen LogP contribution in [-0.2, 0) is 6.42 Å². The maximum absolute atomic E-state index is 5.47. The number of hydrogen-bond donors (Lipinski definition) is 1. The number of benzene rings is 2. The summed E-state index contributed by atoms with van der Waals surface area (Å²) in [5.41, 5.74) is 4.33. The van der Waals surface area contributed by atoms with Crippen molar-refractivity contribution < 1.29 is 4.74 Å². The van der Waals surface area contributed by atoms with Crippen LogP contribution in [0.2, 0.25) is 0 Å². The van der Waals surface area contributed by atoms with Crippen LogP contribution in [0.15, 0.2) is 42.5 Å². The predicted molar refractivity (Wildman–Crippen MR) is 84.4 cm³/mol. The summed E-state index contributed by atoms with van der Waals surface area (Å²) in [5.74, 6) is 0.805. The van der Waals surface area contributed by atoms with Gasteiger partial charge in [0.05, 0.1) is 12.6 Å². The smallest absolute Gasteiger partial charge is 0.182 e. The van der Waals surface area contributed by atoms with Gasteiger partial charge in [0.25, 0.3) is 0 Å². The van der Waals surface area contributed by atoms with E-state index in [2.05, 4.69) is 36.2 Å². The lowest BCUT2D eigenvalue weighted by Gasteiger charge is -2.07. The molecule has 0 fully saturated rings. The minimum absolute atomic E-state index is 0.678. The third kappa shape index (κ3) is 2.02. The van der Waals surface area contributed by atoms with E-state index in [1.54, 1.807) is 7.11 Å². The van der Waals surface area contributed by atoms with Gasteiger partial charge in [-0.1, -0.05) is 25.1 Å². The van der Waals surface area contributed by atoms with Crippen LogP contribution in [0.3, 0.4) is 0 Å². The molecule has 1 N–H and O–H groups in total. The Morgan fingerprint density at radius 2 is 2.00 bits per heavy atom. The quantitative estimate of drug-likeness (QED) is 0.728. The Morgan fingerprint density at radius 1 is 1.20 bits per heavy atom. The molecule has 0 aliphatic rings. The molecular formula is C16H16N2OS. The first-order chi connectivity index (χ1) is 9.74. The van der Waals surface area contributed by atoms with Crippen LogP contribution in [0.4, 0.5) is 0 Å². The highest BCUT2D eigenvalue weighted by atomic mass is 32.1. The van der Waals surface area contributed by atoms with Crippen molar-refractivity contribution in [3.63, 3.8) is 0 Å². The van der Waals surface area contributed by atoms with E-state index in [1.165, 1.54) is 5.56 Å².